The zero-order valence-electron chi connectivity index (χ0n) is 24.9. The van der Waals surface area contributed by atoms with Crippen LogP contribution in [0.15, 0.2) is 106 Å². The molecular formula is C34H34BrCl2N3O4S. The van der Waals surface area contributed by atoms with E-state index in [-0.39, 0.29) is 39.5 Å². The van der Waals surface area contributed by atoms with Gasteiger partial charge in [-0.1, -0.05) is 106 Å². The second-order valence-electron chi connectivity index (χ2n) is 10.6. The normalized spacial score (nSPS) is 11.9. The van der Waals surface area contributed by atoms with Gasteiger partial charge in [-0.25, -0.2) is 8.42 Å². The third-order valence-electron chi connectivity index (χ3n) is 7.13. The number of carbonyl (C=O) groups is 2. The Bertz CT molecular complexity index is 1740. The Morgan fingerprint density at radius 2 is 1.58 bits per heavy atom. The van der Waals surface area contributed by atoms with Gasteiger partial charge in [0.1, 0.15) is 12.6 Å². The molecule has 4 aromatic rings. The first-order valence-electron chi connectivity index (χ1n) is 14.4. The Morgan fingerprint density at radius 3 is 2.24 bits per heavy atom. The number of amides is 2. The van der Waals surface area contributed by atoms with Gasteiger partial charge >= 0.3 is 0 Å². The number of hydrogen-bond acceptors (Lipinski definition) is 4. The van der Waals surface area contributed by atoms with E-state index in [4.69, 9.17) is 23.2 Å². The van der Waals surface area contributed by atoms with Crippen LogP contribution in [0.25, 0.3) is 0 Å². The average molecular weight is 732 g/mol. The van der Waals surface area contributed by atoms with E-state index in [2.05, 4.69) is 21.2 Å². The van der Waals surface area contributed by atoms with Crippen molar-refractivity contribution in [3.05, 3.63) is 128 Å². The highest BCUT2D eigenvalue weighted by molar-refractivity contribution is 9.10. The van der Waals surface area contributed by atoms with E-state index >= 15 is 0 Å². The largest absolute Gasteiger partial charge is 0.354 e. The van der Waals surface area contributed by atoms with E-state index in [9.17, 15) is 18.0 Å². The molecule has 0 fully saturated rings. The molecule has 0 aliphatic heterocycles. The Morgan fingerprint density at radius 1 is 0.889 bits per heavy atom. The number of nitrogens with zero attached hydrogens (tertiary/aromatic N) is 2. The molecule has 1 unspecified atom stereocenters. The molecule has 0 saturated carbocycles. The number of hydrogen-bond donors (Lipinski definition) is 1. The highest BCUT2D eigenvalue weighted by Crippen LogP contribution is 2.33. The van der Waals surface area contributed by atoms with Crippen LogP contribution in [-0.4, -0.2) is 44.3 Å². The summed E-state index contributed by atoms with van der Waals surface area (Å²) in [7, 11) is -4.30. The van der Waals surface area contributed by atoms with Gasteiger partial charge in [-0.3, -0.25) is 13.9 Å². The second kappa shape index (κ2) is 15.8. The topological polar surface area (TPSA) is 86.8 Å². The van der Waals surface area contributed by atoms with E-state index in [0.29, 0.717) is 13.0 Å². The van der Waals surface area contributed by atoms with Crippen molar-refractivity contribution >= 4 is 66.7 Å². The molecule has 236 valence electrons. The Hall–Kier alpha value is -3.37. The molecule has 45 heavy (non-hydrogen) atoms. The molecule has 0 bridgehead atoms. The van der Waals surface area contributed by atoms with Crippen LogP contribution in [0.3, 0.4) is 0 Å². The van der Waals surface area contributed by atoms with E-state index in [0.717, 1.165) is 25.5 Å². The molecule has 0 radical (unpaired) electrons. The fourth-order valence-corrected chi connectivity index (χ4v) is 7.09. The first-order valence-corrected chi connectivity index (χ1v) is 17.4. The van der Waals surface area contributed by atoms with Crippen LogP contribution in [0.5, 0.6) is 0 Å². The zero-order valence-corrected chi connectivity index (χ0v) is 28.8. The van der Waals surface area contributed by atoms with Crippen molar-refractivity contribution in [3.8, 4) is 0 Å². The molecule has 0 saturated heterocycles. The number of sulfonamides is 1. The third kappa shape index (κ3) is 9.10. The number of nitrogens with one attached hydrogen (secondary N) is 1. The van der Waals surface area contributed by atoms with Gasteiger partial charge in [0.15, 0.2) is 0 Å². The molecule has 4 rings (SSSR count). The standard InChI is InChI=1S/C34H34BrCl2N3O4S/c1-3-18-38-34(42)32(20-25-8-5-4-6-9-25)39(22-26-10-7-11-27(35)19-26)33(41)23-40(31-21-28(36)14-17-30(31)37)45(43,44)29-15-12-24(2)13-16-29/h4-17,19,21,32H,3,18,20,22-23H2,1-2H3,(H,38,42). The van der Waals surface area contributed by atoms with Gasteiger partial charge in [-0.15, -0.1) is 0 Å². The number of benzene rings is 4. The maximum Gasteiger partial charge on any atom is 0.264 e. The van der Waals surface area contributed by atoms with Crippen LogP contribution in [0.1, 0.15) is 30.0 Å². The lowest BCUT2D eigenvalue weighted by Crippen LogP contribution is -2.53. The lowest BCUT2D eigenvalue weighted by atomic mass is 10.0. The summed E-state index contributed by atoms with van der Waals surface area (Å²) in [6, 6.07) is 26.6. The van der Waals surface area contributed by atoms with Gasteiger partial charge in [0.2, 0.25) is 11.8 Å². The molecule has 2 amide bonds. The zero-order chi connectivity index (χ0) is 32.6. The summed E-state index contributed by atoms with van der Waals surface area (Å²) in [5, 5.41) is 3.28. The lowest BCUT2D eigenvalue weighted by Gasteiger charge is -2.34. The second-order valence-corrected chi connectivity index (χ2v) is 14.2. The minimum atomic E-state index is -4.30. The van der Waals surface area contributed by atoms with E-state index in [1.165, 1.54) is 29.2 Å². The van der Waals surface area contributed by atoms with Gasteiger partial charge in [0.05, 0.1) is 15.6 Å². The molecule has 4 aromatic carbocycles. The van der Waals surface area contributed by atoms with Crippen molar-refractivity contribution in [2.75, 3.05) is 17.4 Å². The highest BCUT2D eigenvalue weighted by Gasteiger charge is 2.35. The van der Waals surface area contributed by atoms with Gasteiger partial charge in [-0.2, -0.15) is 0 Å². The molecule has 7 nitrogen and oxygen atoms in total. The first-order chi connectivity index (χ1) is 21.5. The summed E-state index contributed by atoms with van der Waals surface area (Å²) in [6.45, 7) is 3.64. The van der Waals surface area contributed by atoms with E-state index in [1.54, 1.807) is 18.2 Å². The van der Waals surface area contributed by atoms with E-state index in [1.807, 2.05) is 68.4 Å². The summed E-state index contributed by atoms with van der Waals surface area (Å²) < 4.78 is 30.1. The fourth-order valence-electron chi connectivity index (χ4n) is 4.78. The van der Waals surface area contributed by atoms with E-state index < -0.39 is 28.5 Å². The van der Waals surface area contributed by atoms with Crippen molar-refractivity contribution in [3.63, 3.8) is 0 Å². The van der Waals surface area contributed by atoms with Crippen molar-refractivity contribution in [2.24, 2.45) is 0 Å². The maximum atomic E-state index is 14.5. The number of aryl methyl sites for hydroxylation is 1. The number of rotatable bonds is 13. The Balaban J connectivity index is 1.83. The van der Waals surface area contributed by atoms with Crippen molar-refractivity contribution in [2.45, 2.75) is 44.2 Å². The van der Waals surface area contributed by atoms with Crippen LogP contribution < -0.4 is 9.62 Å². The average Bonchev–Trinajstić information content (AvgIpc) is 3.02. The maximum absolute atomic E-state index is 14.5. The molecule has 1 N–H and O–H groups in total. The predicted molar refractivity (Wildman–Crippen MR) is 184 cm³/mol. The SMILES string of the molecule is CCCNC(=O)C(Cc1ccccc1)N(Cc1cccc(Br)c1)C(=O)CN(c1cc(Cl)ccc1Cl)S(=O)(=O)c1ccc(C)cc1. The van der Waals surface area contributed by atoms with Crippen LogP contribution >= 0.6 is 39.1 Å². The summed E-state index contributed by atoms with van der Waals surface area (Å²) in [6.07, 6.45) is 0.929. The smallest absolute Gasteiger partial charge is 0.264 e. The predicted octanol–water partition coefficient (Wildman–Crippen LogP) is 7.43. The summed E-state index contributed by atoms with van der Waals surface area (Å²) in [5.74, 6) is -0.924. The van der Waals surface area contributed by atoms with Crippen LogP contribution in [0.2, 0.25) is 10.0 Å². The molecule has 11 heteroatoms. The summed E-state index contributed by atoms with van der Waals surface area (Å²) >= 11 is 16.3. The Labute approximate surface area is 283 Å². The van der Waals surface area contributed by atoms with Gasteiger partial charge in [0, 0.05) is 29.0 Å². The molecule has 0 aliphatic rings. The molecule has 1 atom stereocenters. The summed E-state index contributed by atoms with van der Waals surface area (Å²) in [4.78, 5) is 29.7. The molecule has 0 spiro atoms. The third-order valence-corrected chi connectivity index (χ3v) is 9.95. The lowest BCUT2D eigenvalue weighted by molar-refractivity contribution is -0.140. The van der Waals surface area contributed by atoms with Crippen LogP contribution in [0.4, 0.5) is 5.69 Å². The first kappa shape index (κ1) is 34.5. The molecule has 0 aliphatic carbocycles. The minimum absolute atomic E-state index is 0.0167. The van der Waals surface area contributed by atoms with Crippen molar-refractivity contribution < 1.29 is 18.0 Å². The Kier molecular flexibility index (Phi) is 12.1. The van der Waals surface area contributed by atoms with Crippen LogP contribution in [0, 0.1) is 6.92 Å². The fraction of sp³-hybridized carbons (Fsp3) is 0.235. The molecular weight excluding hydrogens is 697 g/mol. The minimum Gasteiger partial charge on any atom is -0.354 e. The van der Waals surface area contributed by atoms with Crippen LogP contribution in [-0.2, 0) is 32.6 Å². The van der Waals surface area contributed by atoms with Crippen molar-refractivity contribution in [1.29, 1.82) is 0 Å². The van der Waals surface area contributed by atoms with Gasteiger partial charge < -0.3 is 10.2 Å². The quantitative estimate of drug-likeness (QED) is 0.155. The summed E-state index contributed by atoms with van der Waals surface area (Å²) in [5.41, 5.74) is 2.53. The molecule has 0 heterocycles. The van der Waals surface area contributed by atoms with Crippen molar-refractivity contribution in [1.82, 2.24) is 10.2 Å². The monoisotopic (exact) mass is 729 g/mol. The number of halogens is 3. The van der Waals surface area contributed by atoms with Gasteiger partial charge in [-0.05, 0) is 66.9 Å². The molecule has 0 aromatic heterocycles. The number of carbonyl (C=O) groups excluding carboxylic acids is 2. The van der Waals surface area contributed by atoms with Gasteiger partial charge in [0.25, 0.3) is 10.0 Å². The highest BCUT2D eigenvalue weighted by atomic mass is 79.9. The number of anilines is 1.